The van der Waals surface area contributed by atoms with Crippen LogP contribution >= 0.6 is 15.9 Å². The summed E-state index contributed by atoms with van der Waals surface area (Å²) in [7, 11) is -1.90. The first kappa shape index (κ1) is 15.0. The highest BCUT2D eigenvalue weighted by Crippen LogP contribution is 2.27. The lowest BCUT2D eigenvalue weighted by Gasteiger charge is -2.12. The molecule has 1 amide bonds. The largest absolute Gasteiger partial charge is 0.497 e. The van der Waals surface area contributed by atoms with Crippen LogP contribution in [0, 0.1) is 0 Å². The molecular formula is C11H14BrNO4S. The molecule has 0 radical (unpaired) electrons. The number of ether oxygens (including phenoxy) is 1. The van der Waals surface area contributed by atoms with Gasteiger partial charge in [-0.2, -0.15) is 0 Å². The van der Waals surface area contributed by atoms with Crippen LogP contribution in [0.25, 0.3) is 0 Å². The Kier molecular flexibility index (Phi) is 4.75. The Morgan fingerprint density at radius 3 is 2.56 bits per heavy atom. The Morgan fingerprint density at radius 2 is 2.06 bits per heavy atom. The van der Waals surface area contributed by atoms with Crippen molar-refractivity contribution in [3.8, 4) is 5.75 Å². The van der Waals surface area contributed by atoms with E-state index in [0.717, 1.165) is 6.26 Å². The second-order valence-corrected chi connectivity index (χ2v) is 7.03. The van der Waals surface area contributed by atoms with Crippen LogP contribution in [0.3, 0.4) is 0 Å². The molecule has 18 heavy (non-hydrogen) atoms. The van der Waals surface area contributed by atoms with Gasteiger partial charge in [0, 0.05) is 16.8 Å². The number of sulfone groups is 1. The molecule has 0 heterocycles. The number of nitrogens with one attached hydrogen (secondary N) is 1. The molecule has 0 fully saturated rings. The molecular weight excluding hydrogens is 322 g/mol. The molecule has 0 bridgehead atoms. The summed E-state index contributed by atoms with van der Waals surface area (Å²) in [6.07, 6.45) is 1.03. The van der Waals surface area contributed by atoms with Crippen molar-refractivity contribution in [2.75, 3.05) is 18.7 Å². The Morgan fingerprint density at radius 1 is 1.44 bits per heavy atom. The predicted octanol–water partition coefficient (Wildman–Crippen LogP) is 1.83. The van der Waals surface area contributed by atoms with E-state index in [1.807, 2.05) is 0 Å². The maximum atomic E-state index is 11.8. The average molecular weight is 336 g/mol. The van der Waals surface area contributed by atoms with Crippen molar-refractivity contribution in [2.24, 2.45) is 0 Å². The van der Waals surface area contributed by atoms with Crippen LogP contribution in [-0.2, 0) is 14.6 Å². The zero-order chi connectivity index (χ0) is 13.9. The third-order valence-electron chi connectivity index (χ3n) is 2.44. The number of halogens is 1. The second-order valence-electron chi connectivity index (χ2n) is 3.81. The summed E-state index contributed by atoms with van der Waals surface area (Å²) >= 11 is 3.27. The number of hydrogen-bond acceptors (Lipinski definition) is 4. The van der Waals surface area contributed by atoms with Crippen LogP contribution in [-0.4, -0.2) is 32.9 Å². The summed E-state index contributed by atoms with van der Waals surface area (Å²) < 4.78 is 28.2. The van der Waals surface area contributed by atoms with E-state index < -0.39 is 21.0 Å². The standard InChI is InChI=1S/C11H14BrNO4S/c1-7(18(3,15)16)11(14)13-10-6-8(17-2)4-5-9(10)12/h4-7H,1-3H3,(H,13,14). The van der Waals surface area contributed by atoms with E-state index in [0.29, 0.717) is 15.9 Å². The number of anilines is 1. The zero-order valence-corrected chi connectivity index (χ0v) is 12.6. The molecule has 0 saturated heterocycles. The highest BCUT2D eigenvalue weighted by molar-refractivity contribution is 9.10. The van der Waals surface area contributed by atoms with Crippen molar-refractivity contribution in [3.63, 3.8) is 0 Å². The minimum absolute atomic E-state index is 0.467. The monoisotopic (exact) mass is 335 g/mol. The summed E-state index contributed by atoms with van der Waals surface area (Å²) in [5.74, 6) is -0.00744. The van der Waals surface area contributed by atoms with E-state index >= 15 is 0 Å². The quantitative estimate of drug-likeness (QED) is 0.910. The second kappa shape index (κ2) is 5.71. The molecule has 7 heteroatoms. The molecule has 0 aliphatic heterocycles. The van der Waals surface area contributed by atoms with Gasteiger partial charge in [0.1, 0.15) is 11.0 Å². The minimum atomic E-state index is -3.41. The normalized spacial score (nSPS) is 12.9. The smallest absolute Gasteiger partial charge is 0.242 e. The van der Waals surface area contributed by atoms with E-state index in [1.54, 1.807) is 18.2 Å². The molecule has 0 aliphatic rings. The van der Waals surface area contributed by atoms with Crippen LogP contribution in [0.2, 0.25) is 0 Å². The fourth-order valence-corrected chi connectivity index (χ4v) is 1.95. The summed E-state index contributed by atoms with van der Waals surface area (Å²) in [5, 5.41) is 1.44. The number of hydrogen-bond donors (Lipinski definition) is 1. The summed E-state index contributed by atoms with van der Waals surface area (Å²) in [6.45, 7) is 1.35. The average Bonchev–Trinajstić information content (AvgIpc) is 2.29. The zero-order valence-electron chi connectivity index (χ0n) is 10.2. The number of amides is 1. The molecule has 1 N–H and O–H groups in total. The SMILES string of the molecule is COc1ccc(Br)c(NC(=O)C(C)S(C)(=O)=O)c1. The van der Waals surface area contributed by atoms with E-state index in [1.165, 1.54) is 14.0 Å². The first-order valence-electron chi connectivity index (χ1n) is 5.09. The Bertz CT molecular complexity index is 556. The van der Waals surface area contributed by atoms with Crippen molar-refractivity contribution < 1.29 is 17.9 Å². The molecule has 0 aliphatic carbocycles. The Labute approximate surface area is 115 Å². The van der Waals surface area contributed by atoms with E-state index in [4.69, 9.17) is 4.74 Å². The van der Waals surface area contributed by atoms with Crippen LogP contribution in [0.15, 0.2) is 22.7 Å². The number of benzene rings is 1. The summed E-state index contributed by atoms with van der Waals surface area (Å²) in [5.41, 5.74) is 0.467. The van der Waals surface area contributed by atoms with Crippen LogP contribution in [0.4, 0.5) is 5.69 Å². The van der Waals surface area contributed by atoms with Gasteiger partial charge in [0.25, 0.3) is 0 Å². The van der Waals surface area contributed by atoms with Crippen molar-refractivity contribution in [1.82, 2.24) is 0 Å². The maximum absolute atomic E-state index is 11.8. The van der Waals surface area contributed by atoms with E-state index in [2.05, 4.69) is 21.2 Å². The van der Waals surface area contributed by atoms with Crippen LogP contribution in [0.5, 0.6) is 5.75 Å². The Hall–Kier alpha value is -1.08. The van der Waals surface area contributed by atoms with Gasteiger partial charge in [0.15, 0.2) is 9.84 Å². The minimum Gasteiger partial charge on any atom is -0.497 e. The Balaban J connectivity index is 2.95. The van der Waals surface area contributed by atoms with Gasteiger partial charge in [-0.25, -0.2) is 8.42 Å². The lowest BCUT2D eigenvalue weighted by molar-refractivity contribution is -0.115. The molecule has 0 saturated carbocycles. The van der Waals surface area contributed by atoms with Gasteiger partial charge in [-0.3, -0.25) is 4.79 Å². The van der Waals surface area contributed by atoms with Gasteiger partial charge < -0.3 is 10.1 Å². The summed E-state index contributed by atoms with van der Waals surface area (Å²) in [4.78, 5) is 11.8. The molecule has 0 aromatic heterocycles. The van der Waals surface area contributed by atoms with E-state index in [-0.39, 0.29) is 0 Å². The number of rotatable bonds is 4. The maximum Gasteiger partial charge on any atom is 0.242 e. The molecule has 1 aromatic rings. The van der Waals surface area contributed by atoms with E-state index in [9.17, 15) is 13.2 Å². The third-order valence-corrected chi connectivity index (χ3v) is 4.63. The molecule has 0 spiro atoms. The first-order valence-corrected chi connectivity index (χ1v) is 7.83. The predicted molar refractivity (Wildman–Crippen MR) is 73.6 cm³/mol. The van der Waals surface area contributed by atoms with Crippen molar-refractivity contribution in [1.29, 1.82) is 0 Å². The lowest BCUT2D eigenvalue weighted by atomic mass is 10.3. The number of carbonyl (C=O) groups excluding carboxylic acids is 1. The molecule has 5 nitrogen and oxygen atoms in total. The van der Waals surface area contributed by atoms with Crippen molar-refractivity contribution in [3.05, 3.63) is 22.7 Å². The topological polar surface area (TPSA) is 72.5 Å². The third kappa shape index (κ3) is 3.71. The first-order chi connectivity index (χ1) is 8.25. The molecule has 1 unspecified atom stereocenters. The van der Waals surface area contributed by atoms with Crippen LogP contribution < -0.4 is 10.1 Å². The lowest BCUT2D eigenvalue weighted by Crippen LogP contribution is -2.31. The van der Waals surface area contributed by atoms with Gasteiger partial charge in [0.2, 0.25) is 5.91 Å². The molecule has 100 valence electrons. The van der Waals surface area contributed by atoms with Gasteiger partial charge in [0.05, 0.1) is 12.8 Å². The number of carbonyl (C=O) groups is 1. The molecule has 1 atom stereocenters. The summed E-state index contributed by atoms with van der Waals surface area (Å²) in [6, 6.07) is 5.04. The van der Waals surface area contributed by atoms with Gasteiger partial charge >= 0.3 is 0 Å². The van der Waals surface area contributed by atoms with Gasteiger partial charge in [-0.15, -0.1) is 0 Å². The fraction of sp³-hybridized carbons (Fsp3) is 0.364. The highest BCUT2D eigenvalue weighted by atomic mass is 79.9. The van der Waals surface area contributed by atoms with Gasteiger partial charge in [-0.05, 0) is 35.0 Å². The van der Waals surface area contributed by atoms with Crippen LogP contribution in [0.1, 0.15) is 6.92 Å². The molecule has 1 aromatic carbocycles. The van der Waals surface area contributed by atoms with Crippen molar-refractivity contribution in [2.45, 2.75) is 12.2 Å². The number of methoxy groups -OCH3 is 1. The molecule has 1 rings (SSSR count). The highest BCUT2D eigenvalue weighted by Gasteiger charge is 2.24. The van der Waals surface area contributed by atoms with Crippen molar-refractivity contribution >= 4 is 37.4 Å². The van der Waals surface area contributed by atoms with Gasteiger partial charge in [-0.1, -0.05) is 0 Å². The fourth-order valence-electron chi connectivity index (χ4n) is 1.16.